The second kappa shape index (κ2) is 13.4. The first kappa shape index (κ1) is 30.6. The Morgan fingerprint density at radius 1 is 0.974 bits per heavy atom. The molecular formula is C27H28Cl3N3O5S. The molecule has 0 aromatic heterocycles. The van der Waals surface area contributed by atoms with Gasteiger partial charge in [0.15, 0.2) is 0 Å². The fraction of sp³-hybridized carbons (Fsp3) is 0.259. The third-order valence-electron chi connectivity index (χ3n) is 5.91. The molecule has 39 heavy (non-hydrogen) atoms. The molecule has 1 N–H and O–H groups in total. The maximum atomic E-state index is 13.9. The first-order chi connectivity index (χ1) is 18.5. The van der Waals surface area contributed by atoms with Crippen molar-refractivity contribution in [1.82, 2.24) is 10.2 Å². The van der Waals surface area contributed by atoms with Crippen LogP contribution in [0, 0.1) is 0 Å². The molecule has 3 rings (SSSR count). The molecule has 1 unspecified atom stereocenters. The largest absolute Gasteiger partial charge is 0.495 e. The number of anilines is 1. The van der Waals surface area contributed by atoms with Crippen LogP contribution in [0.4, 0.5) is 5.69 Å². The molecule has 208 valence electrons. The highest BCUT2D eigenvalue weighted by Crippen LogP contribution is 2.32. The monoisotopic (exact) mass is 611 g/mol. The van der Waals surface area contributed by atoms with Crippen LogP contribution in [0.2, 0.25) is 15.1 Å². The van der Waals surface area contributed by atoms with Gasteiger partial charge in [0.1, 0.15) is 18.3 Å². The second-order valence-electron chi connectivity index (χ2n) is 8.47. The lowest BCUT2D eigenvalue weighted by Crippen LogP contribution is -2.51. The van der Waals surface area contributed by atoms with Gasteiger partial charge in [-0.15, -0.1) is 0 Å². The van der Waals surface area contributed by atoms with Gasteiger partial charge in [0, 0.05) is 23.1 Å². The number of benzene rings is 3. The van der Waals surface area contributed by atoms with Crippen LogP contribution in [-0.4, -0.2) is 51.4 Å². The highest BCUT2D eigenvalue weighted by Gasteiger charge is 2.33. The summed E-state index contributed by atoms with van der Waals surface area (Å²) < 4.78 is 33.7. The molecule has 0 radical (unpaired) electrons. The zero-order chi connectivity index (χ0) is 28.7. The van der Waals surface area contributed by atoms with Gasteiger partial charge in [-0.2, -0.15) is 0 Å². The van der Waals surface area contributed by atoms with Gasteiger partial charge in [-0.1, -0.05) is 59.1 Å². The Kier molecular flexibility index (Phi) is 10.5. The smallest absolute Gasteiger partial charge is 0.264 e. The van der Waals surface area contributed by atoms with Crippen molar-refractivity contribution in [2.24, 2.45) is 0 Å². The Balaban J connectivity index is 2.07. The molecule has 0 saturated carbocycles. The van der Waals surface area contributed by atoms with Crippen molar-refractivity contribution in [3.63, 3.8) is 0 Å². The second-order valence-corrected chi connectivity index (χ2v) is 11.6. The fourth-order valence-corrected chi connectivity index (χ4v) is 5.94. The molecule has 0 aliphatic rings. The van der Waals surface area contributed by atoms with E-state index in [9.17, 15) is 18.0 Å². The first-order valence-electron chi connectivity index (χ1n) is 11.9. The number of nitrogens with zero attached hydrogens (tertiary/aromatic N) is 2. The highest BCUT2D eigenvalue weighted by atomic mass is 35.5. The van der Waals surface area contributed by atoms with Crippen LogP contribution in [0.25, 0.3) is 0 Å². The number of likely N-dealkylation sites (N-methyl/N-ethyl adjacent to an activating group) is 1. The van der Waals surface area contributed by atoms with Gasteiger partial charge in [-0.25, -0.2) is 8.42 Å². The van der Waals surface area contributed by atoms with Crippen molar-refractivity contribution in [2.75, 3.05) is 24.5 Å². The average Bonchev–Trinajstić information content (AvgIpc) is 2.91. The molecule has 3 aromatic carbocycles. The number of sulfonamides is 1. The van der Waals surface area contributed by atoms with Crippen molar-refractivity contribution in [1.29, 1.82) is 0 Å². The number of ether oxygens (including phenoxy) is 1. The topological polar surface area (TPSA) is 96.0 Å². The van der Waals surface area contributed by atoms with E-state index in [0.29, 0.717) is 27.9 Å². The van der Waals surface area contributed by atoms with E-state index in [1.165, 1.54) is 48.4 Å². The Hall–Kier alpha value is -2.98. The number of carbonyl (C=O) groups is 2. The van der Waals surface area contributed by atoms with E-state index in [-0.39, 0.29) is 22.2 Å². The molecule has 2 amide bonds. The van der Waals surface area contributed by atoms with Crippen molar-refractivity contribution < 1.29 is 22.7 Å². The molecule has 0 heterocycles. The molecule has 8 nitrogen and oxygen atoms in total. The SMILES string of the molecule is CCNC(=O)C(C)N(Cc1ccc(Cl)cc1Cl)C(=O)CN(c1ccc(OC)c(Cl)c1)S(=O)(=O)c1ccccc1. The molecule has 0 aliphatic heterocycles. The normalized spacial score (nSPS) is 11.9. The summed E-state index contributed by atoms with van der Waals surface area (Å²) in [4.78, 5) is 27.9. The molecule has 0 saturated heterocycles. The lowest BCUT2D eigenvalue weighted by Gasteiger charge is -2.32. The zero-order valence-corrected chi connectivity index (χ0v) is 24.6. The van der Waals surface area contributed by atoms with Crippen molar-refractivity contribution in [2.45, 2.75) is 31.3 Å². The minimum absolute atomic E-state index is 0.0196. The van der Waals surface area contributed by atoms with Gasteiger partial charge in [-0.05, 0) is 61.9 Å². The Morgan fingerprint density at radius 2 is 1.67 bits per heavy atom. The number of amides is 2. The summed E-state index contributed by atoms with van der Waals surface area (Å²) in [7, 11) is -2.78. The summed E-state index contributed by atoms with van der Waals surface area (Å²) in [5.41, 5.74) is 0.684. The van der Waals surface area contributed by atoms with E-state index in [1.54, 1.807) is 44.2 Å². The summed E-state index contributed by atoms with van der Waals surface area (Å²) in [6, 6.07) is 16.0. The van der Waals surface area contributed by atoms with E-state index in [2.05, 4.69) is 5.32 Å². The van der Waals surface area contributed by atoms with Crippen LogP contribution in [0.5, 0.6) is 5.75 Å². The molecule has 0 spiro atoms. The van der Waals surface area contributed by atoms with Crippen molar-refractivity contribution in [3.05, 3.63) is 87.4 Å². The van der Waals surface area contributed by atoms with E-state index in [0.717, 1.165) is 4.31 Å². The predicted molar refractivity (Wildman–Crippen MR) is 154 cm³/mol. The number of methoxy groups -OCH3 is 1. The minimum Gasteiger partial charge on any atom is -0.495 e. The summed E-state index contributed by atoms with van der Waals surface area (Å²) >= 11 is 18.7. The van der Waals surface area contributed by atoms with E-state index in [1.807, 2.05) is 0 Å². The predicted octanol–water partition coefficient (Wildman–Crippen LogP) is 5.40. The van der Waals surface area contributed by atoms with Gasteiger partial charge in [0.05, 0.1) is 22.7 Å². The summed E-state index contributed by atoms with van der Waals surface area (Å²) in [6.45, 7) is 3.00. The number of hydrogen-bond donors (Lipinski definition) is 1. The minimum atomic E-state index is -4.22. The van der Waals surface area contributed by atoms with Crippen LogP contribution in [-0.2, 0) is 26.2 Å². The zero-order valence-electron chi connectivity index (χ0n) is 21.5. The lowest BCUT2D eigenvalue weighted by atomic mass is 10.1. The third-order valence-corrected chi connectivity index (χ3v) is 8.58. The molecular weight excluding hydrogens is 585 g/mol. The van der Waals surface area contributed by atoms with Gasteiger partial charge < -0.3 is 15.0 Å². The number of nitrogens with one attached hydrogen (secondary N) is 1. The average molecular weight is 613 g/mol. The van der Waals surface area contributed by atoms with E-state index < -0.39 is 34.4 Å². The van der Waals surface area contributed by atoms with Crippen molar-refractivity contribution in [3.8, 4) is 5.75 Å². The number of hydrogen-bond acceptors (Lipinski definition) is 5. The lowest BCUT2D eigenvalue weighted by molar-refractivity contribution is -0.139. The van der Waals surface area contributed by atoms with Crippen LogP contribution in [0.1, 0.15) is 19.4 Å². The Morgan fingerprint density at radius 3 is 2.26 bits per heavy atom. The standard InChI is InChI=1S/C27H28Cl3N3O5S/c1-4-31-27(35)18(2)32(16-19-10-11-20(28)14-23(19)29)26(34)17-33(21-12-13-25(38-3)24(30)15-21)39(36,37)22-8-6-5-7-9-22/h5-15,18H,4,16-17H2,1-3H3,(H,31,35). The third kappa shape index (κ3) is 7.36. The van der Waals surface area contributed by atoms with E-state index >= 15 is 0 Å². The maximum absolute atomic E-state index is 13.9. The summed E-state index contributed by atoms with van der Waals surface area (Å²) in [5, 5.41) is 3.58. The van der Waals surface area contributed by atoms with Gasteiger partial charge in [0.25, 0.3) is 10.0 Å². The molecule has 0 fully saturated rings. The van der Waals surface area contributed by atoms with Crippen molar-refractivity contribution >= 4 is 62.3 Å². The number of rotatable bonds is 11. The molecule has 0 aliphatic carbocycles. The highest BCUT2D eigenvalue weighted by molar-refractivity contribution is 7.92. The molecule has 12 heteroatoms. The Labute approximate surface area is 243 Å². The van der Waals surface area contributed by atoms with E-state index in [4.69, 9.17) is 39.5 Å². The quantitative estimate of drug-likeness (QED) is 0.313. The van der Waals surface area contributed by atoms with Crippen LogP contribution in [0.3, 0.4) is 0 Å². The molecule has 1 atom stereocenters. The van der Waals surface area contributed by atoms with Crippen LogP contribution in [0.15, 0.2) is 71.6 Å². The number of halogens is 3. The fourth-order valence-electron chi connectivity index (χ4n) is 3.80. The van der Waals surface area contributed by atoms with Gasteiger partial charge in [0.2, 0.25) is 11.8 Å². The van der Waals surface area contributed by atoms with Crippen LogP contribution >= 0.6 is 34.8 Å². The van der Waals surface area contributed by atoms with Gasteiger partial charge >= 0.3 is 0 Å². The summed E-state index contributed by atoms with van der Waals surface area (Å²) in [6.07, 6.45) is 0. The molecule has 0 bridgehead atoms. The maximum Gasteiger partial charge on any atom is 0.264 e. The first-order valence-corrected chi connectivity index (χ1v) is 14.5. The summed E-state index contributed by atoms with van der Waals surface area (Å²) in [5.74, 6) is -0.695. The number of carbonyl (C=O) groups excluding carboxylic acids is 2. The van der Waals surface area contributed by atoms with Gasteiger partial charge in [-0.3, -0.25) is 13.9 Å². The molecule has 3 aromatic rings. The van der Waals surface area contributed by atoms with Crippen LogP contribution < -0.4 is 14.4 Å². The Bertz CT molecular complexity index is 1440.